The first kappa shape index (κ1) is 19.2. The summed E-state index contributed by atoms with van der Waals surface area (Å²) in [6.07, 6.45) is 4.07. The fraction of sp³-hybridized carbons (Fsp3) is 0.588. The number of aryl methyl sites for hydroxylation is 1. The van der Waals surface area contributed by atoms with E-state index in [9.17, 15) is 14.4 Å². The van der Waals surface area contributed by atoms with Crippen molar-refractivity contribution in [3.8, 4) is 0 Å². The van der Waals surface area contributed by atoms with Gasteiger partial charge in [-0.05, 0) is 51.5 Å². The van der Waals surface area contributed by atoms with E-state index in [1.54, 1.807) is 13.8 Å². The SMILES string of the molecule is COC(=O)c1c(NC(=O)NC(C)(C)CCC(=O)O)sc2c1CCCC2. The third-order valence-electron chi connectivity index (χ3n) is 4.20. The normalized spacial score (nSPS) is 13.7. The minimum Gasteiger partial charge on any atom is -0.481 e. The van der Waals surface area contributed by atoms with Crippen LogP contribution in [0.5, 0.6) is 0 Å². The van der Waals surface area contributed by atoms with Crippen LogP contribution in [-0.2, 0) is 22.4 Å². The Balaban J connectivity index is 2.13. The van der Waals surface area contributed by atoms with Gasteiger partial charge in [0.1, 0.15) is 5.00 Å². The Morgan fingerprint density at radius 3 is 2.56 bits per heavy atom. The van der Waals surface area contributed by atoms with Gasteiger partial charge in [0, 0.05) is 16.8 Å². The van der Waals surface area contributed by atoms with Crippen molar-refractivity contribution in [3.05, 3.63) is 16.0 Å². The standard InChI is InChI=1S/C17H24N2O5S/c1-17(2,9-8-12(20)21)19-16(23)18-14-13(15(22)24-3)10-6-4-5-7-11(10)25-14/h4-9H2,1-3H3,(H,20,21)(H2,18,19,23). The van der Waals surface area contributed by atoms with Gasteiger partial charge in [-0.2, -0.15) is 0 Å². The number of rotatable bonds is 6. The lowest BCUT2D eigenvalue weighted by Gasteiger charge is -2.25. The summed E-state index contributed by atoms with van der Waals surface area (Å²) in [7, 11) is 1.33. The Bertz CT molecular complexity index is 681. The fourth-order valence-electron chi connectivity index (χ4n) is 2.90. The second kappa shape index (κ2) is 7.86. The summed E-state index contributed by atoms with van der Waals surface area (Å²) in [6, 6.07) is -0.459. The molecule has 0 fully saturated rings. The zero-order valence-electron chi connectivity index (χ0n) is 14.7. The van der Waals surface area contributed by atoms with Gasteiger partial charge in [-0.1, -0.05) is 0 Å². The van der Waals surface area contributed by atoms with E-state index in [0.29, 0.717) is 17.0 Å². The molecular weight excluding hydrogens is 344 g/mol. The second-order valence-electron chi connectivity index (χ2n) is 6.76. The van der Waals surface area contributed by atoms with Crippen LogP contribution in [0.15, 0.2) is 0 Å². The molecule has 0 bridgehead atoms. The van der Waals surface area contributed by atoms with Crippen LogP contribution in [0.25, 0.3) is 0 Å². The average molecular weight is 368 g/mol. The topological polar surface area (TPSA) is 105 Å². The number of hydrogen-bond acceptors (Lipinski definition) is 5. The first-order chi connectivity index (χ1) is 11.7. The minimum atomic E-state index is -0.908. The number of nitrogens with one attached hydrogen (secondary N) is 2. The monoisotopic (exact) mass is 368 g/mol. The van der Waals surface area contributed by atoms with Gasteiger partial charge in [-0.3, -0.25) is 10.1 Å². The number of urea groups is 1. The lowest BCUT2D eigenvalue weighted by atomic mass is 9.95. The van der Waals surface area contributed by atoms with E-state index in [2.05, 4.69) is 10.6 Å². The van der Waals surface area contributed by atoms with E-state index >= 15 is 0 Å². The van der Waals surface area contributed by atoms with Gasteiger partial charge < -0.3 is 15.2 Å². The summed E-state index contributed by atoms with van der Waals surface area (Å²) in [5.74, 6) is -1.35. The summed E-state index contributed by atoms with van der Waals surface area (Å²) < 4.78 is 4.88. The molecule has 0 saturated carbocycles. The predicted molar refractivity (Wildman–Crippen MR) is 95.4 cm³/mol. The number of methoxy groups -OCH3 is 1. The van der Waals surface area contributed by atoms with Crippen LogP contribution in [0, 0.1) is 0 Å². The van der Waals surface area contributed by atoms with Crippen LogP contribution < -0.4 is 10.6 Å². The molecule has 8 heteroatoms. The van der Waals surface area contributed by atoms with E-state index in [1.807, 2.05) is 0 Å². The average Bonchev–Trinajstić information content (AvgIpc) is 2.89. The van der Waals surface area contributed by atoms with Gasteiger partial charge in [-0.25, -0.2) is 9.59 Å². The zero-order chi connectivity index (χ0) is 18.6. The fourth-order valence-corrected chi connectivity index (χ4v) is 4.17. The van der Waals surface area contributed by atoms with Crippen LogP contribution in [0.4, 0.5) is 9.80 Å². The van der Waals surface area contributed by atoms with Crippen LogP contribution in [0.2, 0.25) is 0 Å². The van der Waals surface area contributed by atoms with E-state index in [-0.39, 0.29) is 6.42 Å². The van der Waals surface area contributed by atoms with Gasteiger partial charge in [0.15, 0.2) is 0 Å². The van der Waals surface area contributed by atoms with Crippen LogP contribution >= 0.6 is 11.3 Å². The van der Waals surface area contributed by atoms with E-state index < -0.39 is 23.5 Å². The van der Waals surface area contributed by atoms with Crippen LogP contribution in [0.1, 0.15) is 60.3 Å². The number of carbonyl (C=O) groups is 3. The number of thiophene rings is 1. The maximum atomic E-state index is 12.3. The van der Waals surface area contributed by atoms with E-state index in [0.717, 1.165) is 36.1 Å². The molecular formula is C17H24N2O5S. The molecule has 25 heavy (non-hydrogen) atoms. The first-order valence-corrected chi connectivity index (χ1v) is 9.09. The van der Waals surface area contributed by atoms with Crippen molar-refractivity contribution in [2.24, 2.45) is 0 Å². The largest absolute Gasteiger partial charge is 0.481 e. The van der Waals surface area contributed by atoms with E-state index in [4.69, 9.17) is 9.84 Å². The number of hydrogen-bond donors (Lipinski definition) is 3. The first-order valence-electron chi connectivity index (χ1n) is 8.27. The summed E-state index contributed by atoms with van der Waals surface area (Å²) in [6.45, 7) is 3.52. The molecule has 0 saturated heterocycles. The Morgan fingerprint density at radius 1 is 1.24 bits per heavy atom. The number of carbonyl (C=O) groups excluding carboxylic acids is 2. The molecule has 1 aliphatic carbocycles. The third kappa shape index (κ3) is 4.94. The quantitative estimate of drug-likeness (QED) is 0.669. The smallest absolute Gasteiger partial charge is 0.341 e. The van der Waals surface area contributed by atoms with Gasteiger partial charge in [-0.15, -0.1) is 11.3 Å². The zero-order valence-corrected chi connectivity index (χ0v) is 15.5. The number of anilines is 1. The molecule has 0 aromatic carbocycles. The molecule has 1 heterocycles. The lowest BCUT2D eigenvalue weighted by Crippen LogP contribution is -2.45. The number of carboxylic acids is 1. The Kier molecular flexibility index (Phi) is 6.05. The summed E-state index contributed by atoms with van der Waals surface area (Å²) in [5.41, 5.74) is 0.745. The van der Waals surface area contributed by atoms with Crippen molar-refractivity contribution < 1.29 is 24.2 Å². The molecule has 1 aromatic heterocycles. The molecule has 1 aliphatic rings. The molecule has 3 N–H and O–H groups in total. The van der Waals surface area contributed by atoms with Crippen LogP contribution in [-0.4, -0.2) is 35.7 Å². The highest BCUT2D eigenvalue weighted by molar-refractivity contribution is 7.17. The number of aliphatic carboxylic acids is 1. The Morgan fingerprint density at radius 2 is 1.92 bits per heavy atom. The third-order valence-corrected chi connectivity index (χ3v) is 5.41. The van der Waals surface area contributed by atoms with Crippen molar-refractivity contribution >= 4 is 34.3 Å². The number of esters is 1. The minimum absolute atomic E-state index is 0.0337. The molecule has 1 aromatic rings. The lowest BCUT2D eigenvalue weighted by molar-refractivity contribution is -0.137. The molecule has 7 nitrogen and oxygen atoms in total. The molecule has 0 aliphatic heterocycles. The molecule has 2 amide bonds. The van der Waals surface area contributed by atoms with Gasteiger partial charge in [0.25, 0.3) is 0 Å². The number of ether oxygens (including phenoxy) is 1. The maximum absolute atomic E-state index is 12.3. The van der Waals surface area contributed by atoms with E-state index in [1.165, 1.54) is 18.4 Å². The van der Waals surface area contributed by atoms with Gasteiger partial charge in [0.2, 0.25) is 0 Å². The molecule has 0 radical (unpaired) electrons. The second-order valence-corrected chi connectivity index (χ2v) is 7.87. The summed E-state index contributed by atoms with van der Waals surface area (Å²) >= 11 is 1.41. The highest BCUT2D eigenvalue weighted by Gasteiger charge is 2.28. The number of carboxylic acid groups (broad SMARTS) is 1. The maximum Gasteiger partial charge on any atom is 0.341 e. The predicted octanol–water partition coefficient (Wildman–Crippen LogP) is 3.18. The van der Waals surface area contributed by atoms with Crippen molar-refractivity contribution in [2.75, 3.05) is 12.4 Å². The van der Waals surface area contributed by atoms with Crippen molar-refractivity contribution in [3.63, 3.8) is 0 Å². The summed E-state index contributed by atoms with van der Waals surface area (Å²) in [5, 5.41) is 14.8. The van der Waals surface area contributed by atoms with Crippen molar-refractivity contribution in [1.82, 2.24) is 5.32 Å². The molecule has 0 spiro atoms. The molecule has 138 valence electrons. The Labute approximate surface area is 150 Å². The molecule has 2 rings (SSSR count). The summed E-state index contributed by atoms with van der Waals surface area (Å²) in [4.78, 5) is 36.3. The van der Waals surface area contributed by atoms with Gasteiger partial charge >= 0.3 is 18.0 Å². The Hall–Kier alpha value is -2.09. The molecule has 0 atom stereocenters. The van der Waals surface area contributed by atoms with Crippen LogP contribution in [0.3, 0.4) is 0 Å². The number of amides is 2. The highest BCUT2D eigenvalue weighted by Crippen LogP contribution is 2.38. The van der Waals surface area contributed by atoms with Crippen molar-refractivity contribution in [2.45, 2.75) is 57.9 Å². The number of fused-ring (bicyclic) bond motifs is 1. The van der Waals surface area contributed by atoms with Crippen molar-refractivity contribution in [1.29, 1.82) is 0 Å². The molecule has 0 unspecified atom stereocenters. The highest BCUT2D eigenvalue weighted by atomic mass is 32.1. The van der Waals surface area contributed by atoms with Gasteiger partial charge in [0.05, 0.1) is 12.7 Å².